The van der Waals surface area contributed by atoms with Crippen molar-refractivity contribution in [3.63, 3.8) is 0 Å². The van der Waals surface area contributed by atoms with Gasteiger partial charge >= 0.3 is 0 Å². The van der Waals surface area contributed by atoms with Crippen molar-refractivity contribution in [2.75, 3.05) is 10.6 Å². The first-order valence-corrected chi connectivity index (χ1v) is 10.4. The molecule has 140 valence electrons. The summed E-state index contributed by atoms with van der Waals surface area (Å²) < 4.78 is 25.9. The van der Waals surface area contributed by atoms with Gasteiger partial charge in [-0.3, -0.25) is 9.10 Å². The lowest BCUT2D eigenvalue weighted by atomic mass is 10.1. The van der Waals surface area contributed by atoms with Gasteiger partial charge in [-0.1, -0.05) is 35.9 Å². The largest absolute Gasteiger partial charge is 0.350 e. The van der Waals surface area contributed by atoms with Crippen molar-refractivity contribution in [1.29, 1.82) is 0 Å². The number of hydrogen-bond acceptors (Lipinski definition) is 3. The number of carbonyl (C=O) groups excluding carboxylic acids is 1. The van der Waals surface area contributed by atoms with E-state index in [0.717, 1.165) is 22.9 Å². The third-order valence-electron chi connectivity index (χ3n) is 4.07. The van der Waals surface area contributed by atoms with Crippen LogP contribution in [0.15, 0.2) is 42.5 Å². The number of amides is 1. The SMILES string of the molecule is Cc1ccc(C)c(N([C@H](C)C(=O)NCc2ccc(Cl)cc2)S(C)(=O)=O)c1. The molecule has 0 unspecified atom stereocenters. The summed E-state index contributed by atoms with van der Waals surface area (Å²) >= 11 is 5.85. The molecule has 0 fully saturated rings. The van der Waals surface area contributed by atoms with Crippen LogP contribution in [0, 0.1) is 13.8 Å². The van der Waals surface area contributed by atoms with Gasteiger partial charge in [0.1, 0.15) is 6.04 Å². The molecule has 0 heterocycles. The van der Waals surface area contributed by atoms with E-state index in [9.17, 15) is 13.2 Å². The second kappa shape index (κ2) is 8.10. The van der Waals surface area contributed by atoms with E-state index in [1.54, 1.807) is 25.1 Å². The third kappa shape index (κ3) is 4.99. The summed E-state index contributed by atoms with van der Waals surface area (Å²) in [4.78, 5) is 12.6. The van der Waals surface area contributed by atoms with Gasteiger partial charge in [-0.15, -0.1) is 0 Å². The molecule has 0 bridgehead atoms. The summed E-state index contributed by atoms with van der Waals surface area (Å²) in [6.45, 7) is 5.59. The summed E-state index contributed by atoms with van der Waals surface area (Å²) in [6.07, 6.45) is 1.11. The van der Waals surface area contributed by atoms with Gasteiger partial charge in [0, 0.05) is 11.6 Å². The van der Waals surface area contributed by atoms with Gasteiger partial charge in [-0.25, -0.2) is 8.42 Å². The average Bonchev–Trinajstić information content (AvgIpc) is 2.56. The van der Waals surface area contributed by atoms with Crippen LogP contribution in [-0.2, 0) is 21.4 Å². The quantitative estimate of drug-likeness (QED) is 0.816. The topological polar surface area (TPSA) is 66.5 Å². The Kier molecular flexibility index (Phi) is 6.31. The summed E-state index contributed by atoms with van der Waals surface area (Å²) in [5.74, 6) is -0.369. The molecule has 2 aromatic carbocycles. The highest BCUT2D eigenvalue weighted by Gasteiger charge is 2.30. The monoisotopic (exact) mass is 394 g/mol. The number of halogens is 1. The van der Waals surface area contributed by atoms with E-state index in [2.05, 4.69) is 5.32 Å². The molecule has 0 radical (unpaired) electrons. The first-order valence-electron chi connectivity index (χ1n) is 8.18. The fourth-order valence-corrected chi connectivity index (χ4v) is 4.03. The van der Waals surface area contributed by atoms with Gasteiger partial charge < -0.3 is 5.32 Å². The maximum atomic E-state index is 12.6. The number of aryl methyl sites for hydroxylation is 2. The average molecular weight is 395 g/mol. The number of nitrogens with zero attached hydrogens (tertiary/aromatic N) is 1. The fraction of sp³-hybridized carbons (Fsp3) is 0.316. The zero-order valence-electron chi connectivity index (χ0n) is 15.3. The maximum Gasteiger partial charge on any atom is 0.243 e. The summed E-state index contributed by atoms with van der Waals surface area (Å²) in [5, 5.41) is 3.40. The van der Waals surface area contributed by atoms with Gasteiger partial charge in [0.2, 0.25) is 15.9 Å². The highest BCUT2D eigenvalue weighted by atomic mass is 35.5. The van der Waals surface area contributed by atoms with Crippen molar-refractivity contribution in [2.24, 2.45) is 0 Å². The van der Waals surface area contributed by atoms with E-state index in [1.807, 2.05) is 38.1 Å². The Morgan fingerprint density at radius 1 is 1.15 bits per heavy atom. The van der Waals surface area contributed by atoms with Gasteiger partial charge in [0.15, 0.2) is 0 Å². The molecular weight excluding hydrogens is 372 g/mol. The second-order valence-corrected chi connectivity index (χ2v) is 8.66. The van der Waals surface area contributed by atoms with Crippen molar-refractivity contribution < 1.29 is 13.2 Å². The van der Waals surface area contributed by atoms with Gasteiger partial charge in [0.25, 0.3) is 0 Å². The molecule has 0 saturated heterocycles. The summed E-state index contributed by atoms with van der Waals surface area (Å²) in [5.41, 5.74) is 3.11. The van der Waals surface area contributed by atoms with Crippen LogP contribution >= 0.6 is 11.6 Å². The van der Waals surface area contributed by atoms with Crippen LogP contribution in [0.1, 0.15) is 23.6 Å². The number of carbonyl (C=O) groups is 1. The molecule has 2 rings (SSSR count). The normalized spacial score (nSPS) is 12.5. The molecule has 0 saturated carbocycles. The lowest BCUT2D eigenvalue weighted by Gasteiger charge is -2.29. The van der Waals surface area contributed by atoms with Crippen LogP contribution in [-0.4, -0.2) is 26.6 Å². The lowest BCUT2D eigenvalue weighted by molar-refractivity contribution is -0.122. The molecule has 26 heavy (non-hydrogen) atoms. The zero-order chi connectivity index (χ0) is 19.5. The van der Waals surface area contributed by atoms with E-state index >= 15 is 0 Å². The molecule has 0 aliphatic carbocycles. The predicted molar refractivity (Wildman–Crippen MR) is 106 cm³/mol. The van der Waals surface area contributed by atoms with Crippen LogP contribution in [0.5, 0.6) is 0 Å². The minimum Gasteiger partial charge on any atom is -0.350 e. The van der Waals surface area contributed by atoms with Gasteiger partial charge in [0.05, 0.1) is 11.9 Å². The molecule has 1 amide bonds. The molecule has 1 N–H and O–H groups in total. The minimum absolute atomic E-state index is 0.296. The number of nitrogens with one attached hydrogen (secondary N) is 1. The van der Waals surface area contributed by atoms with Crippen LogP contribution < -0.4 is 9.62 Å². The number of benzene rings is 2. The Morgan fingerprint density at radius 2 is 1.77 bits per heavy atom. The second-order valence-electron chi connectivity index (χ2n) is 6.37. The van der Waals surface area contributed by atoms with Gasteiger partial charge in [-0.05, 0) is 55.7 Å². The number of sulfonamides is 1. The Morgan fingerprint density at radius 3 is 2.35 bits per heavy atom. The molecule has 2 aromatic rings. The van der Waals surface area contributed by atoms with Crippen molar-refractivity contribution in [1.82, 2.24) is 5.32 Å². The smallest absolute Gasteiger partial charge is 0.243 e. The molecule has 7 heteroatoms. The Labute approximate surface area is 160 Å². The Hall–Kier alpha value is -2.05. The Bertz CT molecular complexity index is 896. The number of rotatable bonds is 6. The Balaban J connectivity index is 2.23. The van der Waals surface area contributed by atoms with Crippen LogP contribution in [0.4, 0.5) is 5.69 Å². The van der Waals surface area contributed by atoms with E-state index < -0.39 is 16.1 Å². The third-order valence-corrected chi connectivity index (χ3v) is 5.55. The van der Waals surface area contributed by atoms with Crippen molar-refractivity contribution >= 4 is 33.2 Å². The van der Waals surface area contributed by atoms with Crippen molar-refractivity contribution in [3.8, 4) is 0 Å². The molecule has 1 atom stereocenters. The lowest BCUT2D eigenvalue weighted by Crippen LogP contribution is -2.48. The predicted octanol–water partition coefficient (Wildman–Crippen LogP) is 3.43. The van der Waals surface area contributed by atoms with E-state index in [4.69, 9.17) is 11.6 Å². The minimum atomic E-state index is -3.63. The molecule has 0 aliphatic rings. The summed E-state index contributed by atoms with van der Waals surface area (Å²) in [7, 11) is -3.63. The molecule has 5 nitrogen and oxygen atoms in total. The zero-order valence-corrected chi connectivity index (χ0v) is 16.9. The molecule has 0 aliphatic heterocycles. The van der Waals surface area contributed by atoms with Gasteiger partial charge in [-0.2, -0.15) is 0 Å². The van der Waals surface area contributed by atoms with E-state index in [-0.39, 0.29) is 5.91 Å². The summed E-state index contributed by atoms with van der Waals surface area (Å²) in [6, 6.07) is 11.8. The first kappa shape index (κ1) is 20.3. The molecular formula is C19H23ClN2O3S. The van der Waals surface area contributed by atoms with E-state index in [1.165, 1.54) is 4.31 Å². The first-order chi connectivity index (χ1) is 12.1. The van der Waals surface area contributed by atoms with Crippen molar-refractivity contribution in [2.45, 2.75) is 33.4 Å². The van der Waals surface area contributed by atoms with Crippen molar-refractivity contribution in [3.05, 3.63) is 64.2 Å². The standard InChI is InChI=1S/C19H23ClN2O3S/c1-13-5-6-14(2)18(11-13)22(26(4,24)25)15(3)19(23)21-12-16-7-9-17(20)10-8-16/h5-11,15H,12H2,1-4H3,(H,21,23)/t15-/m1/s1. The highest BCUT2D eigenvalue weighted by molar-refractivity contribution is 7.92. The number of hydrogen-bond donors (Lipinski definition) is 1. The maximum absolute atomic E-state index is 12.6. The fourth-order valence-electron chi connectivity index (χ4n) is 2.68. The van der Waals surface area contributed by atoms with Crippen LogP contribution in [0.3, 0.4) is 0 Å². The highest BCUT2D eigenvalue weighted by Crippen LogP contribution is 2.26. The van der Waals surface area contributed by atoms with Crippen LogP contribution in [0.2, 0.25) is 5.02 Å². The molecule has 0 spiro atoms. The molecule has 0 aromatic heterocycles. The van der Waals surface area contributed by atoms with E-state index in [0.29, 0.717) is 17.3 Å². The number of anilines is 1. The van der Waals surface area contributed by atoms with Crippen LogP contribution in [0.25, 0.3) is 0 Å².